The molecule has 1 aromatic rings. The molecule has 3 aliphatic rings. The Bertz CT molecular complexity index is 759. The van der Waals surface area contributed by atoms with Crippen LogP contribution in [0.3, 0.4) is 0 Å². The zero-order valence-corrected chi connectivity index (χ0v) is 19.2. The summed E-state index contributed by atoms with van der Waals surface area (Å²) in [6.45, 7) is 11.4. The van der Waals surface area contributed by atoms with Crippen molar-refractivity contribution >= 4 is 0 Å². The van der Waals surface area contributed by atoms with Gasteiger partial charge in [-0.3, -0.25) is 0 Å². The van der Waals surface area contributed by atoms with Gasteiger partial charge in [-0.2, -0.15) is 0 Å². The van der Waals surface area contributed by atoms with Gasteiger partial charge in [0.15, 0.2) is 0 Å². The van der Waals surface area contributed by atoms with E-state index in [2.05, 4.69) is 46.8 Å². The van der Waals surface area contributed by atoms with E-state index in [0.717, 1.165) is 35.3 Å². The summed E-state index contributed by atoms with van der Waals surface area (Å²) in [5.41, 5.74) is 3.28. The summed E-state index contributed by atoms with van der Waals surface area (Å²) in [5.74, 6) is 2.13. The fourth-order valence-corrected chi connectivity index (χ4v) is 5.75. The lowest BCUT2D eigenvalue weighted by molar-refractivity contribution is -0.0260. The predicted molar refractivity (Wildman–Crippen MR) is 120 cm³/mol. The Morgan fingerprint density at radius 1 is 1.17 bits per heavy atom. The van der Waals surface area contributed by atoms with Crippen LogP contribution in [0, 0.1) is 17.3 Å². The highest BCUT2D eigenvalue weighted by Crippen LogP contribution is 2.65. The van der Waals surface area contributed by atoms with E-state index in [0.29, 0.717) is 17.6 Å². The summed E-state index contributed by atoms with van der Waals surface area (Å²) in [6.07, 6.45) is 9.36. The summed E-state index contributed by atoms with van der Waals surface area (Å²) in [4.78, 5) is 0. The van der Waals surface area contributed by atoms with E-state index in [9.17, 15) is 10.2 Å². The molecule has 0 saturated heterocycles. The van der Waals surface area contributed by atoms with Crippen molar-refractivity contribution in [1.29, 1.82) is 0 Å². The number of fused-ring (bicyclic) bond motifs is 1. The van der Waals surface area contributed by atoms with Gasteiger partial charge in [-0.15, -0.1) is 0 Å². The second kappa shape index (κ2) is 8.34. The summed E-state index contributed by atoms with van der Waals surface area (Å²) in [6, 6.07) is 4.10. The van der Waals surface area contributed by atoms with Crippen LogP contribution in [-0.2, 0) is 5.41 Å². The Balaban J connectivity index is 1.94. The number of methoxy groups -OCH3 is 1. The van der Waals surface area contributed by atoms with Gasteiger partial charge in [0, 0.05) is 11.5 Å². The average Bonchev–Trinajstić information content (AvgIpc) is 2.69. The van der Waals surface area contributed by atoms with Crippen molar-refractivity contribution in [2.75, 3.05) is 13.7 Å². The van der Waals surface area contributed by atoms with E-state index in [1.807, 2.05) is 6.07 Å². The number of aliphatic hydroxyl groups is 1. The number of hydrogen-bond donors (Lipinski definition) is 2. The standard InChI is InChI=1S/C26H40O3/c1-7-8-9-10-11-25(2,3)18-13-22(28)24(23(14-18)29-6)19-12-17(16-27)20-15-21(19)26(20,4)5/h12-14,19-21,27-28H,7-11,15-16H2,1-6H3/t19-,20?,21?/m0/s1. The Morgan fingerprint density at radius 2 is 1.90 bits per heavy atom. The molecule has 1 aromatic carbocycles. The number of aromatic hydroxyl groups is 1. The number of aliphatic hydroxyl groups excluding tert-OH is 1. The van der Waals surface area contributed by atoms with Gasteiger partial charge in [0.25, 0.3) is 0 Å². The minimum atomic E-state index is -0.00344. The fourth-order valence-electron chi connectivity index (χ4n) is 5.75. The van der Waals surface area contributed by atoms with Gasteiger partial charge in [-0.1, -0.05) is 66.4 Å². The van der Waals surface area contributed by atoms with Crippen LogP contribution in [0.5, 0.6) is 11.5 Å². The highest BCUT2D eigenvalue weighted by Gasteiger charge is 2.56. The first-order valence-corrected chi connectivity index (χ1v) is 11.4. The van der Waals surface area contributed by atoms with Crippen LogP contribution in [-0.4, -0.2) is 23.9 Å². The lowest BCUT2D eigenvalue weighted by Gasteiger charge is -2.59. The zero-order chi connectivity index (χ0) is 21.4. The van der Waals surface area contributed by atoms with E-state index in [4.69, 9.17) is 4.74 Å². The first-order chi connectivity index (χ1) is 13.7. The molecule has 1 saturated carbocycles. The second-order valence-electron chi connectivity index (χ2n) is 10.4. The highest BCUT2D eigenvalue weighted by atomic mass is 16.5. The maximum Gasteiger partial charge on any atom is 0.126 e. The number of hydrogen-bond acceptors (Lipinski definition) is 3. The minimum absolute atomic E-state index is 0.00344. The number of allylic oxidation sites excluding steroid dienone is 1. The molecule has 0 amide bonds. The van der Waals surface area contributed by atoms with Crippen LogP contribution >= 0.6 is 0 Å². The van der Waals surface area contributed by atoms with Gasteiger partial charge in [-0.05, 0) is 58.8 Å². The SMILES string of the molecule is CCCCCCC(C)(C)c1cc(O)c([C@H]2C=C(CO)C3CC2C3(C)C)c(OC)c1. The Kier molecular flexibility index (Phi) is 6.38. The van der Waals surface area contributed by atoms with Crippen LogP contribution in [0.2, 0.25) is 0 Å². The molecule has 0 spiro atoms. The summed E-state index contributed by atoms with van der Waals surface area (Å²) >= 11 is 0. The molecule has 162 valence electrons. The van der Waals surface area contributed by atoms with Crippen molar-refractivity contribution in [1.82, 2.24) is 0 Å². The normalized spacial score (nSPS) is 25.3. The van der Waals surface area contributed by atoms with Crippen molar-refractivity contribution < 1.29 is 14.9 Å². The largest absolute Gasteiger partial charge is 0.507 e. The van der Waals surface area contributed by atoms with Gasteiger partial charge in [-0.25, -0.2) is 0 Å². The molecule has 2 unspecified atom stereocenters. The van der Waals surface area contributed by atoms with E-state index >= 15 is 0 Å². The van der Waals surface area contributed by atoms with Gasteiger partial charge in [0.05, 0.1) is 13.7 Å². The summed E-state index contributed by atoms with van der Waals surface area (Å²) in [5, 5.41) is 21.0. The monoisotopic (exact) mass is 400 g/mol. The molecular weight excluding hydrogens is 360 g/mol. The van der Waals surface area contributed by atoms with Gasteiger partial charge in [0.1, 0.15) is 11.5 Å². The van der Waals surface area contributed by atoms with E-state index in [1.54, 1.807) is 7.11 Å². The smallest absolute Gasteiger partial charge is 0.126 e. The molecule has 0 aliphatic heterocycles. The van der Waals surface area contributed by atoms with Crippen molar-refractivity contribution in [3.05, 3.63) is 34.9 Å². The van der Waals surface area contributed by atoms with Crippen LogP contribution in [0.15, 0.2) is 23.8 Å². The molecule has 0 aromatic heterocycles. The first-order valence-electron chi connectivity index (χ1n) is 11.4. The van der Waals surface area contributed by atoms with Crippen LogP contribution in [0.1, 0.15) is 90.2 Å². The zero-order valence-electron chi connectivity index (χ0n) is 19.2. The highest BCUT2D eigenvalue weighted by molar-refractivity contribution is 5.54. The third-order valence-corrected chi connectivity index (χ3v) is 7.91. The number of unbranched alkanes of at least 4 members (excludes halogenated alkanes) is 3. The third kappa shape index (κ3) is 3.95. The Hall–Kier alpha value is -1.48. The average molecular weight is 401 g/mol. The van der Waals surface area contributed by atoms with E-state index in [-0.39, 0.29) is 23.4 Å². The molecule has 3 atom stereocenters. The number of rotatable bonds is 9. The fraction of sp³-hybridized carbons (Fsp3) is 0.692. The van der Waals surface area contributed by atoms with Gasteiger partial charge >= 0.3 is 0 Å². The van der Waals surface area contributed by atoms with Gasteiger partial charge in [0.2, 0.25) is 0 Å². The van der Waals surface area contributed by atoms with E-state index in [1.165, 1.54) is 25.7 Å². The Morgan fingerprint density at radius 3 is 2.48 bits per heavy atom. The predicted octanol–water partition coefficient (Wildman–Crippen LogP) is 6.33. The van der Waals surface area contributed by atoms with Gasteiger partial charge < -0.3 is 14.9 Å². The van der Waals surface area contributed by atoms with Crippen molar-refractivity contribution in [3.8, 4) is 11.5 Å². The second-order valence-corrected chi connectivity index (χ2v) is 10.4. The minimum Gasteiger partial charge on any atom is -0.507 e. The molecule has 3 heteroatoms. The molecule has 29 heavy (non-hydrogen) atoms. The third-order valence-electron chi connectivity index (χ3n) is 7.91. The van der Waals surface area contributed by atoms with Crippen molar-refractivity contribution in [2.45, 2.75) is 84.5 Å². The maximum atomic E-state index is 11.1. The Labute approximate surface area is 177 Å². The number of phenolic OH excluding ortho intramolecular Hbond substituents is 1. The first kappa shape index (κ1) is 22.2. The molecule has 3 nitrogen and oxygen atoms in total. The molecule has 0 radical (unpaired) electrons. The molecule has 2 N–H and O–H groups in total. The van der Waals surface area contributed by atoms with E-state index < -0.39 is 0 Å². The molecule has 3 aliphatic carbocycles. The summed E-state index contributed by atoms with van der Waals surface area (Å²) < 4.78 is 5.81. The number of phenols is 1. The molecular formula is C26H40O3. The van der Waals surface area contributed by atoms with Crippen molar-refractivity contribution in [2.24, 2.45) is 17.3 Å². The van der Waals surface area contributed by atoms with Crippen LogP contribution < -0.4 is 4.74 Å². The molecule has 4 rings (SSSR count). The van der Waals surface area contributed by atoms with Crippen LogP contribution in [0.4, 0.5) is 0 Å². The van der Waals surface area contributed by atoms with Crippen LogP contribution in [0.25, 0.3) is 0 Å². The lowest BCUT2D eigenvalue weighted by atomic mass is 9.45. The quantitative estimate of drug-likeness (QED) is 0.376. The lowest BCUT2D eigenvalue weighted by Crippen LogP contribution is -2.51. The summed E-state index contributed by atoms with van der Waals surface area (Å²) in [7, 11) is 1.70. The molecule has 2 bridgehead atoms. The number of benzene rings is 1. The maximum absolute atomic E-state index is 11.1. The topological polar surface area (TPSA) is 49.7 Å². The molecule has 1 fully saturated rings. The number of ether oxygens (including phenoxy) is 1. The molecule has 0 heterocycles. The van der Waals surface area contributed by atoms with Crippen molar-refractivity contribution in [3.63, 3.8) is 0 Å².